The molecule has 150 valence electrons. The number of nitrogens with one attached hydrogen (secondary N) is 1. The van der Waals surface area contributed by atoms with Gasteiger partial charge in [0, 0.05) is 55.2 Å². The van der Waals surface area contributed by atoms with E-state index in [1.54, 1.807) is 23.0 Å². The number of aryl methyl sites for hydroxylation is 1. The zero-order chi connectivity index (χ0) is 20.1. The second kappa shape index (κ2) is 8.87. The summed E-state index contributed by atoms with van der Waals surface area (Å²) in [4.78, 5) is 12.3. The van der Waals surface area contributed by atoms with Gasteiger partial charge in [0.05, 0.1) is 24.2 Å². The van der Waals surface area contributed by atoms with Crippen LogP contribution in [0.15, 0.2) is 61.2 Å². The van der Waals surface area contributed by atoms with Crippen LogP contribution >= 0.6 is 0 Å². The van der Waals surface area contributed by atoms with Crippen LogP contribution < -0.4 is 5.32 Å². The first kappa shape index (κ1) is 19.1. The zero-order valence-corrected chi connectivity index (χ0v) is 16.4. The first-order valence-electron chi connectivity index (χ1n) is 9.93. The van der Waals surface area contributed by atoms with Gasteiger partial charge in [-0.1, -0.05) is 18.2 Å². The Morgan fingerprint density at radius 2 is 2.10 bits per heavy atom. The Hall–Kier alpha value is -3.19. The average molecular weight is 391 g/mol. The van der Waals surface area contributed by atoms with Crippen LogP contribution in [0.25, 0.3) is 11.8 Å². The van der Waals surface area contributed by atoms with E-state index < -0.39 is 0 Å². The lowest BCUT2D eigenvalue weighted by atomic mass is 9.97. The van der Waals surface area contributed by atoms with Gasteiger partial charge in [-0.3, -0.25) is 9.48 Å². The van der Waals surface area contributed by atoms with Crippen molar-refractivity contribution in [3.8, 4) is 5.69 Å². The molecule has 4 rings (SSSR count). The van der Waals surface area contributed by atoms with E-state index in [0.29, 0.717) is 13.2 Å². The van der Waals surface area contributed by atoms with Crippen molar-refractivity contribution < 1.29 is 9.53 Å². The number of hydrogen-bond donors (Lipinski definition) is 1. The van der Waals surface area contributed by atoms with Gasteiger partial charge in [-0.25, -0.2) is 4.68 Å². The Morgan fingerprint density at radius 1 is 1.24 bits per heavy atom. The second-order valence-electron chi connectivity index (χ2n) is 7.10. The molecule has 0 spiro atoms. The maximum atomic E-state index is 12.3. The minimum atomic E-state index is -0.118. The van der Waals surface area contributed by atoms with E-state index in [4.69, 9.17) is 4.74 Å². The number of rotatable bonds is 7. The summed E-state index contributed by atoms with van der Waals surface area (Å²) in [5, 5.41) is 11.7. The van der Waals surface area contributed by atoms with Crippen molar-refractivity contribution in [1.29, 1.82) is 0 Å². The van der Waals surface area contributed by atoms with Gasteiger partial charge < -0.3 is 10.1 Å². The summed E-state index contributed by atoms with van der Waals surface area (Å²) in [5.74, 6) is 0.134. The van der Waals surface area contributed by atoms with Crippen LogP contribution in [0.3, 0.4) is 0 Å². The summed E-state index contributed by atoms with van der Waals surface area (Å²) in [6.45, 7) is 4.17. The molecule has 0 bridgehead atoms. The Bertz CT molecular complexity index is 976. The van der Waals surface area contributed by atoms with E-state index in [2.05, 4.69) is 22.4 Å². The lowest BCUT2D eigenvalue weighted by Gasteiger charge is -2.17. The number of aromatic nitrogens is 4. The summed E-state index contributed by atoms with van der Waals surface area (Å²) < 4.78 is 9.56. The van der Waals surface area contributed by atoms with E-state index in [1.165, 1.54) is 0 Å². The molecule has 3 aromatic rings. The van der Waals surface area contributed by atoms with Crippen LogP contribution in [-0.2, 0) is 16.1 Å². The van der Waals surface area contributed by atoms with Crippen molar-refractivity contribution in [3.63, 3.8) is 0 Å². The standard InChI is InChI=1S/C22H25N5O2/c1-2-26-16-19(14-24-26)22-18(10-11-29-22)13-23-21(28)9-8-17-12-25-27(15-17)20-6-4-3-5-7-20/h3-9,12,14-16,18,22H,2,10-11,13H2,1H3,(H,23,28)/t18-,22+/m1/s1. The quantitative estimate of drug-likeness (QED) is 0.629. The maximum Gasteiger partial charge on any atom is 0.244 e. The third-order valence-electron chi connectivity index (χ3n) is 5.11. The van der Waals surface area contributed by atoms with Gasteiger partial charge in [0.25, 0.3) is 0 Å². The molecule has 1 fully saturated rings. The van der Waals surface area contributed by atoms with E-state index in [0.717, 1.165) is 29.8 Å². The molecule has 1 aromatic carbocycles. The average Bonchev–Trinajstić information content (AvgIpc) is 3.51. The summed E-state index contributed by atoms with van der Waals surface area (Å²) in [6.07, 6.45) is 11.8. The van der Waals surface area contributed by atoms with Crippen molar-refractivity contribution in [1.82, 2.24) is 24.9 Å². The molecule has 0 aliphatic carbocycles. The van der Waals surface area contributed by atoms with Gasteiger partial charge in [0.1, 0.15) is 0 Å². The monoisotopic (exact) mass is 391 g/mol. The maximum absolute atomic E-state index is 12.3. The Morgan fingerprint density at radius 3 is 2.90 bits per heavy atom. The molecule has 1 aliphatic rings. The fourth-order valence-electron chi connectivity index (χ4n) is 3.52. The van der Waals surface area contributed by atoms with Gasteiger partial charge in [-0.15, -0.1) is 0 Å². The SMILES string of the molecule is CCn1cc([C@H]2OCC[C@@H]2CNC(=O)C=Cc2cnn(-c3ccccc3)c2)cn1. The zero-order valence-electron chi connectivity index (χ0n) is 16.4. The first-order valence-corrected chi connectivity index (χ1v) is 9.93. The highest BCUT2D eigenvalue weighted by Gasteiger charge is 2.30. The molecular formula is C22H25N5O2. The van der Waals surface area contributed by atoms with Crippen molar-refractivity contribution in [2.75, 3.05) is 13.2 Å². The Balaban J connectivity index is 1.31. The predicted octanol–water partition coefficient (Wildman–Crippen LogP) is 3.00. The van der Waals surface area contributed by atoms with Crippen molar-refractivity contribution in [2.24, 2.45) is 5.92 Å². The fourth-order valence-corrected chi connectivity index (χ4v) is 3.52. The predicted molar refractivity (Wildman–Crippen MR) is 110 cm³/mol. The van der Waals surface area contributed by atoms with E-state index in [1.807, 2.05) is 53.6 Å². The van der Waals surface area contributed by atoms with E-state index in [9.17, 15) is 4.79 Å². The van der Waals surface area contributed by atoms with Crippen LogP contribution in [0.5, 0.6) is 0 Å². The fraction of sp³-hybridized carbons (Fsp3) is 0.318. The van der Waals surface area contributed by atoms with E-state index in [-0.39, 0.29) is 17.9 Å². The third kappa shape index (κ3) is 4.63. The number of para-hydroxylation sites is 1. The molecule has 29 heavy (non-hydrogen) atoms. The first-order chi connectivity index (χ1) is 14.2. The van der Waals surface area contributed by atoms with Gasteiger partial charge >= 0.3 is 0 Å². The molecular weight excluding hydrogens is 366 g/mol. The second-order valence-corrected chi connectivity index (χ2v) is 7.10. The molecule has 1 aliphatic heterocycles. The smallest absolute Gasteiger partial charge is 0.244 e. The van der Waals surface area contributed by atoms with Gasteiger partial charge in [0.15, 0.2) is 0 Å². The molecule has 1 saturated heterocycles. The molecule has 3 heterocycles. The highest BCUT2D eigenvalue weighted by atomic mass is 16.5. The van der Waals surface area contributed by atoms with E-state index >= 15 is 0 Å². The molecule has 2 atom stereocenters. The highest BCUT2D eigenvalue weighted by molar-refractivity contribution is 5.91. The van der Waals surface area contributed by atoms with Gasteiger partial charge in [-0.2, -0.15) is 10.2 Å². The molecule has 0 radical (unpaired) electrons. The summed E-state index contributed by atoms with van der Waals surface area (Å²) >= 11 is 0. The van der Waals surface area contributed by atoms with Crippen molar-refractivity contribution in [3.05, 3.63) is 72.3 Å². The number of carbonyl (C=O) groups excluding carboxylic acids is 1. The summed E-state index contributed by atoms with van der Waals surface area (Å²) in [5.41, 5.74) is 2.93. The summed E-state index contributed by atoms with van der Waals surface area (Å²) in [6, 6.07) is 9.86. The molecule has 1 N–H and O–H groups in total. The topological polar surface area (TPSA) is 74.0 Å². The van der Waals surface area contributed by atoms with Crippen LogP contribution in [0.1, 0.15) is 30.6 Å². The number of nitrogens with zero attached hydrogens (tertiary/aromatic N) is 4. The third-order valence-corrected chi connectivity index (χ3v) is 5.11. The molecule has 1 amide bonds. The molecule has 7 heteroatoms. The Labute approximate surface area is 170 Å². The molecule has 7 nitrogen and oxygen atoms in total. The number of carbonyl (C=O) groups is 1. The minimum absolute atomic E-state index is 0.0105. The van der Waals surface area contributed by atoms with Crippen LogP contribution in [0.2, 0.25) is 0 Å². The largest absolute Gasteiger partial charge is 0.373 e. The number of ether oxygens (including phenoxy) is 1. The number of benzene rings is 1. The molecule has 0 saturated carbocycles. The molecule has 0 unspecified atom stereocenters. The lowest BCUT2D eigenvalue weighted by molar-refractivity contribution is -0.116. The van der Waals surface area contributed by atoms with Crippen molar-refractivity contribution >= 4 is 12.0 Å². The normalized spacial score (nSPS) is 19.1. The lowest BCUT2D eigenvalue weighted by Crippen LogP contribution is -2.29. The van der Waals surface area contributed by atoms with Gasteiger partial charge in [0.2, 0.25) is 5.91 Å². The van der Waals surface area contributed by atoms with Crippen LogP contribution in [0, 0.1) is 5.92 Å². The van der Waals surface area contributed by atoms with Crippen LogP contribution in [-0.4, -0.2) is 38.6 Å². The highest BCUT2D eigenvalue weighted by Crippen LogP contribution is 2.33. The number of hydrogen-bond acceptors (Lipinski definition) is 4. The van der Waals surface area contributed by atoms with Crippen molar-refractivity contribution in [2.45, 2.75) is 26.0 Å². The minimum Gasteiger partial charge on any atom is -0.373 e. The Kier molecular flexibility index (Phi) is 5.86. The van der Waals surface area contributed by atoms with Gasteiger partial charge in [-0.05, 0) is 31.6 Å². The summed E-state index contributed by atoms with van der Waals surface area (Å²) in [7, 11) is 0. The number of amides is 1. The van der Waals surface area contributed by atoms with Crippen LogP contribution in [0.4, 0.5) is 0 Å². The molecule has 2 aromatic heterocycles.